The van der Waals surface area contributed by atoms with Crippen molar-refractivity contribution in [3.8, 4) is 0 Å². The number of nitrogens with zero attached hydrogens (tertiary/aromatic N) is 2. The molecule has 0 spiro atoms. The lowest BCUT2D eigenvalue weighted by Gasteiger charge is -2.09. The Morgan fingerprint density at radius 2 is 2.60 bits per heavy atom. The van der Waals surface area contributed by atoms with E-state index in [9.17, 15) is 4.79 Å². The van der Waals surface area contributed by atoms with Crippen molar-refractivity contribution in [2.75, 3.05) is 0 Å². The SMILES string of the molecule is C=CCC(N)C(=O)NCc1nccn1C. The van der Waals surface area contributed by atoms with Crippen LogP contribution in [0, 0.1) is 0 Å². The zero-order chi connectivity index (χ0) is 11.3. The van der Waals surface area contributed by atoms with Gasteiger partial charge in [-0.1, -0.05) is 6.08 Å². The Bertz CT molecular complexity index is 345. The van der Waals surface area contributed by atoms with E-state index in [1.807, 2.05) is 17.8 Å². The van der Waals surface area contributed by atoms with E-state index in [1.165, 1.54) is 0 Å². The molecule has 1 rings (SSSR count). The number of rotatable bonds is 5. The second kappa shape index (κ2) is 5.31. The average Bonchev–Trinajstić information content (AvgIpc) is 2.61. The molecule has 15 heavy (non-hydrogen) atoms. The molecule has 1 amide bonds. The van der Waals surface area contributed by atoms with Crippen LogP contribution >= 0.6 is 0 Å². The van der Waals surface area contributed by atoms with Crippen molar-refractivity contribution in [3.63, 3.8) is 0 Å². The minimum absolute atomic E-state index is 0.182. The van der Waals surface area contributed by atoms with Crippen LogP contribution in [0.3, 0.4) is 0 Å². The Kier molecular flexibility index (Phi) is 4.05. The standard InChI is InChI=1S/C10H16N4O/c1-3-4-8(11)10(15)13-7-9-12-5-6-14(9)2/h3,5-6,8H,1,4,7,11H2,2H3,(H,13,15). The number of aryl methyl sites for hydroxylation is 1. The minimum atomic E-state index is -0.525. The number of hydrogen-bond acceptors (Lipinski definition) is 3. The molecule has 0 aromatic carbocycles. The molecule has 1 atom stereocenters. The zero-order valence-electron chi connectivity index (χ0n) is 8.81. The van der Waals surface area contributed by atoms with E-state index in [4.69, 9.17) is 5.73 Å². The quantitative estimate of drug-likeness (QED) is 0.666. The summed E-state index contributed by atoms with van der Waals surface area (Å²) < 4.78 is 1.85. The molecule has 0 saturated heterocycles. The van der Waals surface area contributed by atoms with Gasteiger partial charge in [0.15, 0.2) is 0 Å². The predicted molar refractivity (Wildman–Crippen MR) is 57.8 cm³/mol. The summed E-state index contributed by atoms with van der Waals surface area (Å²) in [7, 11) is 1.87. The number of nitrogens with one attached hydrogen (secondary N) is 1. The average molecular weight is 208 g/mol. The largest absolute Gasteiger partial charge is 0.348 e. The summed E-state index contributed by atoms with van der Waals surface area (Å²) in [4.78, 5) is 15.5. The molecule has 0 aliphatic carbocycles. The highest BCUT2D eigenvalue weighted by Crippen LogP contribution is 1.94. The van der Waals surface area contributed by atoms with Gasteiger partial charge in [-0.3, -0.25) is 4.79 Å². The molecule has 0 aliphatic heterocycles. The van der Waals surface area contributed by atoms with Gasteiger partial charge in [-0.25, -0.2) is 4.98 Å². The van der Waals surface area contributed by atoms with Gasteiger partial charge in [0.05, 0.1) is 12.6 Å². The van der Waals surface area contributed by atoms with E-state index in [1.54, 1.807) is 12.3 Å². The van der Waals surface area contributed by atoms with Crippen molar-refractivity contribution in [1.82, 2.24) is 14.9 Å². The Morgan fingerprint density at radius 1 is 1.87 bits per heavy atom. The fourth-order valence-electron chi connectivity index (χ4n) is 1.15. The smallest absolute Gasteiger partial charge is 0.237 e. The van der Waals surface area contributed by atoms with Gasteiger partial charge in [-0.05, 0) is 6.42 Å². The molecule has 82 valence electrons. The van der Waals surface area contributed by atoms with E-state index >= 15 is 0 Å². The summed E-state index contributed by atoms with van der Waals surface area (Å²) in [6.45, 7) is 3.93. The minimum Gasteiger partial charge on any atom is -0.348 e. The number of amides is 1. The third-order valence-electron chi connectivity index (χ3n) is 2.10. The Balaban J connectivity index is 2.40. The predicted octanol–water partition coefficient (Wildman–Crippen LogP) is -0.0603. The highest BCUT2D eigenvalue weighted by Gasteiger charge is 2.11. The maximum atomic E-state index is 11.4. The first kappa shape index (κ1) is 11.5. The van der Waals surface area contributed by atoms with E-state index < -0.39 is 6.04 Å². The van der Waals surface area contributed by atoms with Crippen LogP contribution < -0.4 is 11.1 Å². The monoisotopic (exact) mass is 208 g/mol. The molecule has 5 nitrogen and oxygen atoms in total. The van der Waals surface area contributed by atoms with Crippen molar-refractivity contribution in [3.05, 3.63) is 30.9 Å². The first-order valence-corrected chi connectivity index (χ1v) is 4.75. The van der Waals surface area contributed by atoms with Crippen LogP contribution in [0.4, 0.5) is 0 Å². The number of carbonyl (C=O) groups is 1. The fraction of sp³-hybridized carbons (Fsp3) is 0.400. The van der Waals surface area contributed by atoms with Crippen LogP contribution in [0.1, 0.15) is 12.2 Å². The Labute approximate surface area is 89.0 Å². The second-order valence-electron chi connectivity index (χ2n) is 3.30. The van der Waals surface area contributed by atoms with Gasteiger partial charge in [0.25, 0.3) is 0 Å². The molecule has 0 saturated carbocycles. The Hall–Kier alpha value is -1.62. The number of aromatic nitrogens is 2. The van der Waals surface area contributed by atoms with E-state index in [2.05, 4.69) is 16.9 Å². The van der Waals surface area contributed by atoms with Crippen LogP contribution in [0.5, 0.6) is 0 Å². The summed E-state index contributed by atoms with van der Waals surface area (Å²) in [5.41, 5.74) is 5.59. The molecule has 1 aromatic rings. The molecule has 0 bridgehead atoms. The van der Waals surface area contributed by atoms with Gasteiger partial charge in [-0.15, -0.1) is 6.58 Å². The normalized spacial score (nSPS) is 12.1. The lowest BCUT2D eigenvalue weighted by atomic mass is 10.2. The molecule has 0 aliphatic rings. The van der Waals surface area contributed by atoms with Crippen molar-refractivity contribution in [2.24, 2.45) is 12.8 Å². The van der Waals surface area contributed by atoms with Crippen molar-refractivity contribution < 1.29 is 4.79 Å². The van der Waals surface area contributed by atoms with Gasteiger partial charge in [0, 0.05) is 19.4 Å². The molecular formula is C10H16N4O. The first-order valence-electron chi connectivity index (χ1n) is 4.75. The van der Waals surface area contributed by atoms with Crippen molar-refractivity contribution >= 4 is 5.91 Å². The maximum absolute atomic E-state index is 11.4. The van der Waals surface area contributed by atoms with Crippen LogP contribution in [0.15, 0.2) is 25.0 Å². The summed E-state index contributed by atoms with van der Waals surface area (Å²) in [5.74, 6) is 0.618. The van der Waals surface area contributed by atoms with Crippen LogP contribution in [-0.2, 0) is 18.4 Å². The van der Waals surface area contributed by atoms with E-state index in [-0.39, 0.29) is 5.91 Å². The van der Waals surface area contributed by atoms with Gasteiger partial charge in [-0.2, -0.15) is 0 Å². The van der Waals surface area contributed by atoms with E-state index in [0.717, 1.165) is 5.82 Å². The topological polar surface area (TPSA) is 72.9 Å². The van der Waals surface area contributed by atoms with Crippen LogP contribution in [0.25, 0.3) is 0 Å². The number of hydrogen-bond donors (Lipinski definition) is 2. The van der Waals surface area contributed by atoms with Gasteiger partial charge >= 0.3 is 0 Å². The molecular weight excluding hydrogens is 192 g/mol. The lowest BCUT2D eigenvalue weighted by molar-refractivity contribution is -0.122. The molecule has 3 N–H and O–H groups in total. The highest BCUT2D eigenvalue weighted by molar-refractivity contribution is 5.81. The van der Waals surface area contributed by atoms with Crippen molar-refractivity contribution in [2.45, 2.75) is 19.0 Å². The highest BCUT2D eigenvalue weighted by atomic mass is 16.2. The molecule has 1 heterocycles. The molecule has 0 radical (unpaired) electrons. The van der Waals surface area contributed by atoms with Gasteiger partial charge in [0.1, 0.15) is 5.82 Å². The fourth-order valence-corrected chi connectivity index (χ4v) is 1.15. The third-order valence-corrected chi connectivity index (χ3v) is 2.10. The summed E-state index contributed by atoms with van der Waals surface area (Å²) in [6.07, 6.45) is 5.62. The lowest BCUT2D eigenvalue weighted by Crippen LogP contribution is -2.40. The zero-order valence-corrected chi connectivity index (χ0v) is 8.81. The maximum Gasteiger partial charge on any atom is 0.237 e. The molecule has 1 unspecified atom stereocenters. The molecule has 0 fully saturated rings. The van der Waals surface area contributed by atoms with Gasteiger partial charge < -0.3 is 15.6 Å². The summed E-state index contributed by atoms with van der Waals surface area (Å²) >= 11 is 0. The molecule has 1 aromatic heterocycles. The van der Waals surface area contributed by atoms with Gasteiger partial charge in [0.2, 0.25) is 5.91 Å². The Morgan fingerprint density at radius 3 is 3.13 bits per heavy atom. The molecule has 5 heteroatoms. The summed E-state index contributed by atoms with van der Waals surface area (Å²) in [6, 6.07) is -0.525. The number of imidazole rings is 1. The van der Waals surface area contributed by atoms with Crippen LogP contribution in [0.2, 0.25) is 0 Å². The number of nitrogens with two attached hydrogens (primary N) is 1. The van der Waals surface area contributed by atoms with Crippen LogP contribution in [-0.4, -0.2) is 21.5 Å². The second-order valence-corrected chi connectivity index (χ2v) is 3.30. The first-order chi connectivity index (χ1) is 7.15. The summed E-state index contributed by atoms with van der Waals surface area (Å²) in [5, 5.41) is 2.72. The number of carbonyl (C=O) groups excluding carboxylic acids is 1. The third kappa shape index (κ3) is 3.21. The van der Waals surface area contributed by atoms with Crippen molar-refractivity contribution in [1.29, 1.82) is 0 Å². The van der Waals surface area contributed by atoms with E-state index in [0.29, 0.717) is 13.0 Å².